The van der Waals surface area contributed by atoms with E-state index in [0.717, 1.165) is 44.9 Å². The van der Waals surface area contributed by atoms with Crippen molar-refractivity contribution < 1.29 is 19.6 Å². The van der Waals surface area contributed by atoms with E-state index >= 15 is 0 Å². The molecule has 0 heterocycles. The van der Waals surface area contributed by atoms with Crippen LogP contribution in [0.5, 0.6) is 0 Å². The van der Waals surface area contributed by atoms with Crippen molar-refractivity contribution in [1.82, 2.24) is 0 Å². The Labute approximate surface area is 130 Å². The van der Waals surface area contributed by atoms with Crippen LogP contribution in [0.15, 0.2) is 0 Å². The van der Waals surface area contributed by atoms with E-state index in [1.807, 2.05) is 27.7 Å². The van der Waals surface area contributed by atoms with E-state index in [1.165, 1.54) is 6.42 Å². The molecule has 1 aliphatic rings. The predicted octanol–water partition coefficient (Wildman–Crippen LogP) is 5.31. The first-order valence-electron chi connectivity index (χ1n) is 8.48. The molecule has 4 nitrogen and oxygen atoms in total. The van der Waals surface area contributed by atoms with Gasteiger partial charge in [0.05, 0.1) is 11.2 Å². The molecular formula is C17H34O4. The van der Waals surface area contributed by atoms with Crippen LogP contribution >= 0.6 is 0 Å². The molecule has 21 heavy (non-hydrogen) atoms. The minimum Gasteiger partial charge on any atom is -0.228 e. The Bertz CT molecular complexity index is 293. The van der Waals surface area contributed by atoms with Gasteiger partial charge in [-0.1, -0.05) is 26.7 Å². The molecule has 0 aliphatic heterocycles. The number of hydrogen-bond donors (Lipinski definition) is 0. The molecule has 126 valence electrons. The van der Waals surface area contributed by atoms with Crippen LogP contribution in [0, 0.1) is 0 Å². The molecule has 0 N–H and O–H groups in total. The second-order valence-electron chi connectivity index (χ2n) is 7.43. The highest BCUT2D eigenvalue weighted by molar-refractivity contribution is 4.74. The average molecular weight is 302 g/mol. The van der Waals surface area contributed by atoms with Crippen LogP contribution in [-0.2, 0) is 19.6 Å². The van der Waals surface area contributed by atoms with E-state index in [-0.39, 0.29) is 11.2 Å². The first-order valence-corrected chi connectivity index (χ1v) is 8.48. The maximum Gasteiger partial charge on any atom is 0.234 e. The van der Waals surface area contributed by atoms with E-state index in [0.29, 0.717) is 0 Å². The molecule has 0 bridgehead atoms. The van der Waals surface area contributed by atoms with Crippen molar-refractivity contribution in [3.63, 3.8) is 0 Å². The van der Waals surface area contributed by atoms with Gasteiger partial charge in [0.15, 0.2) is 0 Å². The highest BCUT2D eigenvalue weighted by Gasteiger charge is 2.40. The summed E-state index contributed by atoms with van der Waals surface area (Å²) in [6.45, 7) is 12.4. The summed E-state index contributed by atoms with van der Waals surface area (Å²) in [6, 6.07) is 0. The normalized spacial score (nSPS) is 19.7. The molecule has 0 atom stereocenters. The van der Waals surface area contributed by atoms with Crippen LogP contribution in [0.4, 0.5) is 0 Å². The average Bonchev–Trinajstić information content (AvgIpc) is 2.45. The van der Waals surface area contributed by atoms with Gasteiger partial charge in [-0.05, 0) is 53.4 Å². The van der Waals surface area contributed by atoms with Crippen molar-refractivity contribution in [3.8, 4) is 0 Å². The molecule has 0 unspecified atom stereocenters. The lowest BCUT2D eigenvalue weighted by molar-refractivity contribution is -0.548. The Kier molecular flexibility index (Phi) is 7.11. The Hall–Kier alpha value is -0.160. The maximum absolute atomic E-state index is 5.78. The Morgan fingerprint density at radius 1 is 0.810 bits per heavy atom. The lowest BCUT2D eigenvalue weighted by Gasteiger charge is -2.38. The quantitative estimate of drug-likeness (QED) is 0.328. The summed E-state index contributed by atoms with van der Waals surface area (Å²) < 4.78 is 0. The molecule has 1 saturated carbocycles. The van der Waals surface area contributed by atoms with E-state index in [2.05, 4.69) is 13.8 Å². The maximum atomic E-state index is 5.78. The van der Waals surface area contributed by atoms with E-state index in [4.69, 9.17) is 19.6 Å². The van der Waals surface area contributed by atoms with Crippen LogP contribution in [0.2, 0.25) is 0 Å². The van der Waals surface area contributed by atoms with Crippen LogP contribution in [0.3, 0.4) is 0 Å². The van der Waals surface area contributed by atoms with Gasteiger partial charge in [-0.2, -0.15) is 9.78 Å². The lowest BCUT2D eigenvalue weighted by Crippen LogP contribution is -2.43. The van der Waals surface area contributed by atoms with Gasteiger partial charge >= 0.3 is 0 Å². The molecule has 0 aromatic rings. The standard InChI is InChI=1S/C17H34O4/c1-7-12-16(5,6)19-21-17(13-10-9-11-14-17)20-18-15(3,4)8-2/h7-14H2,1-6H3. The summed E-state index contributed by atoms with van der Waals surface area (Å²) in [5, 5.41) is 0. The van der Waals surface area contributed by atoms with Gasteiger partial charge in [0, 0.05) is 12.8 Å². The summed E-state index contributed by atoms with van der Waals surface area (Å²) >= 11 is 0. The fourth-order valence-electron chi connectivity index (χ4n) is 2.35. The van der Waals surface area contributed by atoms with Crippen molar-refractivity contribution in [2.75, 3.05) is 0 Å². The fraction of sp³-hybridized carbons (Fsp3) is 1.00. The molecule has 0 aromatic heterocycles. The van der Waals surface area contributed by atoms with Crippen LogP contribution in [0.25, 0.3) is 0 Å². The van der Waals surface area contributed by atoms with Gasteiger partial charge in [-0.25, -0.2) is 9.78 Å². The Morgan fingerprint density at radius 3 is 1.81 bits per heavy atom. The van der Waals surface area contributed by atoms with Gasteiger partial charge in [0.1, 0.15) is 0 Å². The van der Waals surface area contributed by atoms with Gasteiger partial charge in [-0.3, -0.25) is 0 Å². The zero-order valence-corrected chi connectivity index (χ0v) is 14.8. The molecule has 1 aliphatic carbocycles. The minimum absolute atomic E-state index is 0.303. The lowest BCUT2D eigenvalue weighted by atomic mass is 9.94. The van der Waals surface area contributed by atoms with Gasteiger partial charge < -0.3 is 0 Å². The molecule has 1 fully saturated rings. The SMILES string of the molecule is CCCC(C)(C)OOC1(OOC(C)(C)CC)CCCCC1. The second kappa shape index (κ2) is 7.91. The molecule has 0 radical (unpaired) electrons. The number of rotatable bonds is 9. The molecule has 1 rings (SSSR count). The summed E-state index contributed by atoms with van der Waals surface area (Å²) in [7, 11) is 0. The highest BCUT2D eigenvalue weighted by Crippen LogP contribution is 2.36. The number of hydrogen-bond acceptors (Lipinski definition) is 4. The van der Waals surface area contributed by atoms with E-state index < -0.39 is 5.79 Å². The van der Waals surface area contributed by atoms with Crippen molar-refractivity contribution >= 4 is 0 Å². The second-order valence-corrected chi connectivity index (χ2v) is 7.43. The van der Waals surface area contributed by atoms with E-state index in [1.54, 1.807) is 0 Å². The third-order valence-corrected chi connectivity index (χ3v) is 4.16. The molecule has 0 saturated heterocycles. The highest BCUT2D eigenvalue weighted by atomic mass is 17.3. The topological polar surface area (TPSA) is 36.9 Å². The first kappa shape index (κ1) is 18.9. The fourth-order valence-corrected chi connectivity index (χ4v) is 2.35. The van der Waals surface area contributed by atoms with Crippen molar-refractivity contribution in [1.29, 1.82) is 0 Å². The smallest absolute Gasteiger partial charge is 0.228 e. The zero-order valence-electron chi connectivity index (χ0n) is 14.8. The third-order valence-electron chi connectivity index (χ3n) is 4.16. The first-order chi connectivity index (χ1) is 9.74. The zero-order chi connectivity index (χ0) is 16.0. The predicted molar refractivity (Wildman–Crippen MR) is 83.5 cm³/mol. The molecule has 0 spiro atoms. The third kappa shape index (κ3) is 6.64. The van der Waals surface area contributed by atoms with Crippen molar-refractivity contribution in [3.05, 3.63) is 0 Å². The Morgan fingerprint density at radius 2 is 1.33 bits per heavy atom. The van der Waals surface area contributed by atoms with Gasteiger partial charge in [0.2, 0.25) is 5.79 Å². The van der Waals surface area contributed by atoms with Crippen LogP contribution in [-0.4, -0.2) is 17.0 Å². The van der Waals surface area contributed by atoms with Gasteiger partial charge in [-0.15, -0.1) is 0 Å². The van der Waals surface area contributed by atoms with E-state index in [9.17, 15) is 0 Å². The van der Waals surface area contributed by atoms with Crippen molar-refractivity contribution in [2.24, 2.45) is 0 Å². The Balaban J connectivity index is 2.61. The summed E-state index contributed by atoms with van der Waals surface area (Å²) in [6.07, 6.45) is 7.88. The summed E-state index contributed by atoms with van der Waals surface area (Å²) in [4.78, 5) is 22.9. The molecular weight excluding hydrogens is 268 g/mol. The van der Waals surface area contributed by atoms with Crippen LogP contribution < -0.4 is 0 Å². The minimum atomic E-state index is -0.754. The molecule has 0 amide bonds. The summed E-state index contributed by atoms with van der Waals surface area (Å²) in [5.41, 5.74) is -0.616. The monoisotopic (exact) mass is 302 g/mol. The molecule has 0 aromatic carbocycles. The molecule has 4 heteroatoms. The summed E-state index contributed by atoms with van der Waals surface area (Å²) in [5.74, 6) is -0.754. The van der Waals surface area contributed by atoms with Crippen LogP contribution in [0.1, 0.15) is 92.9 Å². The van der Waals surface area contributed by atoms with Gasteiger partial charge in [0.25, 0.3) is 0 Å². The van der Waals surface area contributed by atoms with Crippen molar-refractivity contribution in [2.45, 2.75) is 110 Å². The largest absolute Gasteiger partial charge is 0.234 e.